The van der Waals surface area contributed by atoms with E-state index >= 15 is 0 Å². The highest BCUT2D eigenvalue weighted by Crippen LogP contribution is 2.16. The third-order valence-electron chi connectivity index (χ3n) is 3.22. The van der Waals surface area contributed by atoms with Crippen molar-refractivity contribution in [2.45, 2.75) is 39.2 Å². The van der Waals surface area contributed by atoms with E-state index in [0.717, 1.165) is 12.8 Å². The summed E-state index contributed by atoms with van der Waals surface area (Å²) in [6.45, 7) is 3.71. The predicted molar refractivity (Wildman–Crippen MR) is 75.0 cm³/mol. The number of carboxylic acid groups (broad SMARTS) is 1. The number of carbonyl (C=O) groups excluding carboxylic acids is 1. The summed E-state index contributed by atoms with van der Waals surface area (Å²) >= 11 is 0. The summed E-state index contributed by atoms with van der Waals surface area (Å²) in [5.74, 6) is -1.50. The number of amides is 1. The maximum atomic E-state index is 12.1. The number of rotatable bonds is 6. The molecule has 112 valence electrons. The first-order chi connectivity index (χ1) is 10.0. The highest BCUT2D eigenvalue weighted by molar-refractivity contribution is 5.98. The molecular formula is C14H17N3O4. The van der Waals surface area contributed by atoms with E-state index in [4.69, 9.17) is 9.63 Å². The second-order valence-electron chi connectivity index (χ2n) is 4.85. The zero-order valence-corrected chi connectivity index (χ0v) is 11.9. The van der Waals surface area contributed by atoms with Gasteiger partial charge in [0.2, 0.25) is 0 Å². The Morgan fingerprint density at radius 2 is 2.24 bits per heavy atom. The normalized spacial score (nSPS) is 12.3. The molecule has 0 spiro atoms. The number of nitrogens with zero attached hydrogens (tertiary/aromatic N) is 2. The van der Waals surface area contributed by atoms with Crippen LogP contribution in [-0.4, -0.2) is 33.2 Å². The fraction of sp³-hybridized carbons (Fsp3) is 0.429. The van der Waals surface area contributed by atoms with Crippen LogP contribution in [0.3, 0.4) is 0 Å². The minimum Gasteiger partial charge on any atom is -0.480 e. The van der Waals surface area contributed by atoms with E-state index in [-0.39, 0.29) is 5.56 Å². The maximum absolute atomic E-state index is 12.1. The predicted octanol–water partition coefficient (Wildman–Crippen LogP) is 1.90. The Bertz CT molecular complexity index is 665. The molecule has 0 aromatic carbocycles. The van der Waals surface area contributed by atoms with Gasteiger partial charge in [0.15, 0.2) is 0 Å². The van der Waals surface area contributed by atoms with Gasteiger partial charge in [-0.2, -0.15) is 0 Å². The van der Waals surface area contributed by atoms with E-state index in [1.807, 2.05) is 6.92 Å². The molecule has 2 rings (SSSR count). The minimum absolute atomic E-state index is 0.288. The monoisotopic (exact) mass is 291 g/mol. The largest absolute Gasteiger partial charge is 0.480 e. The molecule has 0 saturated carbocycles. The molecule has 21 heavy (non-hydrogen) atoms. The van der Waals surface area contributed by atoms with Gasteiger partial charge in [-0.25, -0.2) is 9.78 Å². The molecule has 0 bridgehead atoms. The Balaban J connectivity index is 2.16. The molecule has 0 aliphatic heterocycles. The Morgan fingerprint density at radius 1 is 1.48 bits per heavy atom. The van der Waals surface area contributed by atoms with Crippen LogP contribution in [-0.2, 0) is 4.79 Å². The zero-order valence-electron chi connectivity index (χ0n) is 11.9. The molecule has 0 unspecified atom stereocenters. The number of hydrogen-bond acceptors (Lipinski definition) is 5. The van der Waals surface area contributed by atoms with Crippen molar-refractivity contribution in [3.05, 3.63) is 23.5 Å². The van der Waals surface area contributed by atoms with Crippen molar-refractivity contribution in [3.63, 3.8) is 0 Å². The molecule has 7 nitrogen and oxygen atoms in total. The second-order valence-corrected chi connectivity index (χ2v) is 4.85. The van der Waals surface area contributed by atoms with Crippen LogP contribution in [0.4, 0.5) is 0 Å². The number of aromatic nitrogens is 2. The lowest BCUT2D eigenvalue weighted by atomic mass is 10.1. The topological polar surface area (TPSA) is 105 Å². The van der Waals surface area contributed by atoms with Crippen molar-refractivity contribution in [3.8, 4) is 0 Å². The van der Waals surface area contributed by atoms with E-state index in [1.54, 1.807) is 13.0 Å². The van der Waals surface area contributed by atoms with Crippen molar-refractivity contribution in [1.29, 1.82) is 0 Å². The van der Waals surface area contributed by atoms with Crippen LogP contribution in [0.25, 0.3) is 11.1 Å². The van der Waals surface area contributed by atoms with Crippen molar-refractivity contribution in [1.82, 2.24) is 15.5 Å². The third-order valence-corrected chi connectivity index (χ3v) is 3.22. The van der Waals surface area contributed by atoms with Crippen LogP contribution in [0.15, 0.2) is 16.8 Å². The second kappa shape index (κ2) is 6.34. The number of hydrogen-bond donors (Lipinski definition) is 2. The average molecular weight is 291 g/mol. The smallest absolute Gasteiger partial charge is 0.326 e. The Hall–Kier alpha value is -2.44. The highest BCUT2D eigenvalue weighted by atomic mass is 16.5. The van der Waals surface area contributed by atoms with E-state index in [2.05, 4.69) is 15.5 Å². The average Bonchev–Trinajstić information content (AvgIpc) is 2.84. The summed E-state index contributed by atoms with van der Waals surface area (Å²) < 4.78 is 4.97. The van der Waals surface area contributed by atoms with E-state index in [1.165, 1.54) is 6.20 Å². The molecule has 7 heteroatoms. The van der Waals surface area contributed by atoms with Crippen molar-refractivity contribution >= 4 is 23.0 Å². The summed E-state index contributed by atoms with van der Waals surface area (Å²) in [6.07, 6.45) is 3.35. The summed E-state index contributed by atoms with van der Waals surface area (Å²) in [7, 11) is 0. The van der Waals surface area contributed by atoms with Crippen molar-refractivity contribution in [2.24, 2.45) is 0 Å². The van der Waals surface area contributed by atoms with Gasteiger partial charge < -0.3 is 14.9 Å². The fourth-order valence-electron chi connectivity index (χ4n) is 1.98. The molecule has 0 saturated heterocycles. The van der Waals surface area contributed by atoms with Gasteiger partial charge in [-0.05, 0) is 19.4 Å². The molecular weight excluding hydrogens is 274 g/mol. The van der Waals surface area contributed by atoms with Crippen LogP contribution < -0.4 is 5.32 Å². The molecule has 2 N–H and O–H groups in total. The lowest BCUT2D eigenvalue weighted by Crippen LogP contribution is -2.40. The van der Waals surface area contributed by atoms with Crippen LogP contribution >= 0.6 is 0 Å². The summed E-state index contributed by atoms with van der Waals surface area (Å²) in [5.41, 5.74) is 1.27. The first-order valence-electron chi connectivity index (χ1n) is 6.78. The van der Waals surface area contributed by atoms with Gasteiger partial charge in [-0.3, -0.25) is 4.79 Å². The number of carbonyl (C=O) groups is 2. The van der Waals surface area contributed by atoms with Gasteiger partial charge in [-0.1, -0.05) is 24.9 Å². The van der Waals surface area contributed by atoms with Crippen LogP contribution in [0, 0.1) is 6.92 Å². The van der Waals surface area contributed by atoms with Crippen LogP contribution in [0.2, 0.25) is 0 Å². The first-order valence-corrected chi connectivity index (χ1v) is 6.78. The van der Waals surface area contributed by atoms with E-state index < -0.39 is 17.9 Å². The van der Waals surface area contributed by atoms with E-state index in [9.17, 15) is 9.59 Å². The Morgan fingerprint density at radius 3 is 2.90 bits per heavy atom. The van der Waals surface area contributed by atoms with Gasteiger partial charge in [0, 0.05) is 6.20 Å². The van der Waals surface area contributed by atoms with Crippen molar-refractivity contribution < 1.29 is 19.2 Å². The minimum atomic E-state index is -1.04. The lowest BCUT2D eigenvalue weighted by molar-refractivity contribution is -0.139. The van der Waals surface area contributed by atoms with Crippen LogP contribution in [0.5, 0.6) is 0 Å². The SMILES string of the molecule is CCCC[C@H](NC(=O)c1cnc2onc(C)c2c1)C(=O)O. The quantitative estimate of drug-likeness (QED) is 0.842. The van der Waals surface area contributed by atoms with Gasteiger partial charge in [0.05, 0.1) is 16.6 Å². The lowest BCUT2D eigenvalue weighted by Gasteiger charge is -2.13. The zero-order chi connectivity index (χ0) is 15.4. The van der Waals surface area contributed by atoms with Gasteiger partial charge in [-0.15, -0.1) is 0 Å². The Kier molecular flexibility index (Phi) is 4.52. The number of pyridine rings is 1. The summed E-state index contributed by atoms with van der Waals surface area (Å²) in [4.78, 5) is 27.3. The number of unbranched alkanes of at least 4 members (excludes halogenated alkanes) is 1. The molecule has 0 radical (unpaired) electrons. The molecule has 0 fully saturated rings. The number of carboxylic acids is 1. The molecule has 0 aliphatic rings. The molecule has 1 amide bonds. The first kappa shape index (κ1) is 15.0. The summed E-state index contributed by atoms with van der Waals surface area (Å²) in [6, 6.07) is 0.708. The number of aliphatic carboxylic acids is 1. The van der Waals surface area contributed by atoms with Gasteiger partial charge in [0.1, 0.15) is 6.04 Å². The molecule has 0 aliphatic carbocycles. The molecule has 2 heterocycles. The van der Waals surface area contributed by atoms with Crippen molar-refractivity contribution in [2.75, 3.05) is 0 Å². The number of fused-ring (bicyclic) bond motifs is 1. The van der Waals surface area contributed by atoms with Crippen LogP contribution in [0.1, 0.15) is 42.2 Å². The van der Waals surface area contributed by atoms with E-state index in [0.29, 0.717) is 23.2 Å². The molecule has 1 atom stereocenters. The Labute approximate surface area is 121 Å². The molecule has 2 aromatic rings. The van der Waals surface area contributed by atoms with Gasteiger partial charge >= 0.3 is 5.97 Å². The fourth-order valence-corrected chi connectivity index (χ4v) is 1.98. The molecule has 2 aromatic heterocycles. The standard InChI is InChI=1S/C14H17N3O4/c1-3-4-5-11(14(19)20)16-12(18)9-6-10-8(2)17-21-13(10)15-7-9/h6-7,11H,3-5H2,1-2H3,(H,16,18)(H,19,20)/t11-/m0/s1. The highest BCUT2D eigenvalue weighted by Gasteiger charge is 2.20. The number of nitrogens with one attached hydrogen (secondary N) is 1. The maximum Gasteiger partial charge on any atom is 0.326 e. The van der Waals surface area contributed by atoms with Gasteiger partial charge in [0.25, 0.3) is 11.6 Å². The third kappa shape index (κ3) is 3.36. The number of aryl methyl sites for hydroxylation is 1. The summed E-state index contributed by atoms with van der Waals surface area (Å²) in [5, 5.41) is 16.0.